The summed E-state index contributed by atoms with van der Waals surface area (Å²) in [5.74, 6) is 1.32. The molecule has 0 atom stereocenters. The molecule has 0 spiro atoms. The Hall–Kier alpha value is -3.02. The molecule has 126 valence electrons. The number of nitrogen functional groups attached to an aromatic ring is 1. The van der Waals surface area contributed by atoms with Crippen LogP contribution in [0.2, 0.25) is 0 Å². The van der Waals surface area contributed by atoms with Crippen LogP contribution >= 0.6 is 0 Å². The molecule has 4 heterocycles. The predicted octanol–water partition coefficient (Wildman–Crippen LogP) is 3.73. The van der Waals surface area contributed by atoms with Crippen LogP contribution in [0.15, 0.2) is 49.1 Å². The van der Waals surface area contributed by atoms with E-state index in [4.69, 9.17) is 5.73 Å². The van der Waals surface area contributed by atoms with Crippen LogP contribution < -0.4 is 5.73 Å². The van der Waals surface area contributed by atoms with Crippen molar-refractivity contribution < 1.29 is 0 Å². The number of rotatable bonds is 1. The normalized spacial score (nSPS) is 14.1. The molecule has 0 aliphatic heterocycles. The van der Waals surface area contributed by atoms with Gasteiger partial charge in [-0.05, 0) is 30.2 Å². The van der Waals surface area contributed by atoms with Gasteiger partial charge in [-0.2, -0.15) is 0 Å². The first kappa shape index (κ1) is 15.5. The maximum Gasteiger partial charge on any atom is 0.238 e. The van der Waals surface area contributed by atoms with Crippen LogP contribution in [0.3, 0.4) is 0 Å². The van der Waals surface area contributed by atoms with E-state index in [1.165, 1.54) is 19.3 Å². The molecule has 1 fully saturated rings. The topological polar surface area (TPSA) is 82.0 Å². The first-order valence-corrected chi connectivity index (χ1v) is 8.52. The second-order valence-electron chi connectivity index (χ2n) is 6.49. The van der Waals surface area contributed by atoms with Gasteiger partial charge < -0.3 is 5.73 Å². The van der Waals surface area contributed by atoms with Crippen LogP contribution in [-0.4, -0.2) is 24.6 Å². The lowest BCUT2D eigenvalue weighted by molar-refractivity contribution is 0.346. The largest absolute Gasteiger partial charge is 0.367 e. The molecule has 6 heteroatoms. The average molecular weight is 332 g/mol. The molecule has 4 aromatic heterocycles. The number of nitrogens with zero attached hydrogens (tertiary/aromatic N) is 5. The minimum atomic E-state index is 0.250. The number of hydrogen-bond acceptors (Lipinski definition) is 5. The Morgan fingerprint density at radius 2 is 1.96 bits per heavy atom. The highest BCUT2D eigenvalue weighted by Crippen LogP contribution is 2.26. The van der Waals surface area contributed by atoms with Crippen molar-refractivity contribution in [3.8, 4) is 11.1 Å². The molecule has 0 amide bonds. The van der Waals surface area contributed by atoms with E-state index in [-0.39, 0.29) is 5.95 Å². The fourth-order valence-electron chi connectivity index (χ4n) is 2.88. The first-order valence-electron chi connectivity index (χ1n) is 8.52. The summed E-state index contributed by atoms with van der Waals surface area (Å²) < 4.78 is 1.71. The summed E-state index contributed by atoms with van der Waals surface area (Å²) in [6.45, 7) is 2.31. The minimum Gasteiger partial charge on any atom is -0.367 e. The third-order valence-electron chi connectivity index (χ3n) is 4.59. The quantitative estimate of drug-likeness (QED) is 0.574. The summed E-state index contributed by atoms with van der Waals surface area (Å²) in [5, 5.41) is 5.14. The zero-order chi connectivity index (χ0) is 17.2. The smallest absolute Gasteiger partial charge is 0.238 e. The molecule has 0 unspecified atom stereocenters. The van der Waals surface area contributed by atoms with E-state index < -0.39 is 0 Å². The fourth-order valence-corrected chi connectivity index (χ4v) is 2.88. The highest BCUT2D eigenvalue weighted by Gasteiger charge is 2.09. The van der Waals surface area contributed by atoms with E-state index in [9.17, 15) is 0 Å². The third kappa shape index (κ3) is 3.15. The molecule has 2 N–H and O–H groups in total. The predicted molar refractivity (Wildman–Crippen MR) is 98.9 cm³/mol. The molecular formula is C19H20N6. The second-order valence-corrected chi connectivity index (χ2v) is 6.49. The summed E-state index contributed by atoms with van der Waals surface area (Å²) in [7, 11) is 0. The van der Waals surface area contributed by atoms with Crippen LogP contribution in [-0.2, 0) is 0 Å². The van der Waals surface area contributed by atoms with Crippen molar-refractivity contribution >= 4 is 22.5 Å². The average Bonchev–Trinajstić information content (AvgIpc) is 3.03. The van der Waals surface area contributed by atoms with E-state index in [1.54, 1.807) is 23.1 Å². The summed E-state index contributed by atoms with van der Waals surface area (Å²) in [5.41, 5.74) is 9.23. The van der Waals surface area contributed by atoms with E-state index in [0.29, 0.717) is 0 Å². The Morgan fingerprint density at radius 1 is 1.12 bits per heavy atom. The Labute approximate surface area is 145 Å². The van der Waals surface area contributed by atoms with E-state index in [2.05, 4.69) is 33.0 Å². The van der Waals surface area contributed by atoms with Crippen molar-refractivity contribution in [3.63, 3.8) is 0 Å². The standard InChI is InChI=1S/C14H10N6.C5H10/c15-14-18-8-12-11(3-5-20(12)19-14)10-6-9-2-1-4-16-13(9)17-7-10;1-5-3-2-4-5/h1-8H,(H2,15,19);5H,2-4H2,1H3. The fraction of sp³-hybridized carbons (Fsp3) is 0.263. The number of anilines is 1. The molecule has 25 heavy (non-hydrogen) atoms. The summed E-state index contributed by atoms with van der Waals surface area (Å²) in [4.78, 5) is 12.6. The van der Waals surface area contributed by atoms with Gasteiger partial charge in [-0.3, -0.25) is 0 Å². The molecule has 0 aromatic carbocycles. The van der Waals surface area contributed by atoms with Gasteiger partial charge in [0.1, 0.15) is 0 Å². The maximum absolute atomic E-state index is 5.58. The van der Waals surface area contributed by atoms with Gasteiger partial charge in [-0.15, -0.1) is 5.10 Å². The zero-order valence-corrected chi connectivity index (χ0v) is 14.1. The molecule has 1 aliphatic rings. The van der Waals surface area contributed by atoms with Crippen molar-refractivity contribution in [1.29, 1.82) is 0 Å². The van der Waals surface area contributed by atoms with Gasteiger partial charge in [0.05, 0.1) is 11.7 Å². The minimum absolute atomic E-state index is 0.250. The van der Waals surface area contributed by atoms with Gasteiger partial charge in [-0.1, -0.05) is 26.2 Å². The van der Waals surface area contributed by atoms with Gasteiger partial charge in [0.25, 0.3) is 0 Å². The molecule has 1 saturated carbocycles. The summed E-state index contributed by atoms with van der Waals surface area (Å²) >= 11 is 0. The van der Waals surface area contributed by atoms with Gasteiger partial charge >= 0.3 is 0 Å². The van der Waals surface area contributed by atoms with Gasteiger partial charge in [-0.25, -0.2) is 19.5 Å². The summed E-state index contributed by atoms with van der Waals surface area (Å²) in [6, 6.07) is 7.92. The van der Waals surface area contributed by atoms with Crippen LogP contribution in [0.1, 0.15) is 26.2 Å². The molecule has 5 rings (SSSR count). The van der Waals surface area contributed by atoms with Crippen LogP contribution in [0.5, 0.6) is 0 Å². The lowest BCUT2D eigenvalue weighted by Gasteiger charge is -2.18. The number of aromatic nitrogens is 5. The van der Waals surface area contributed by atoms with Crippen molar-refractivity contribution in [2.24, 2.45) is 5.92 Å². The summed E-state index contributed by atoms with van der Waals surface area (Å²) in [6.07, 6.45) is 11.6. The van der Waals surface area contributed by atoms with Crippen LogP contribution in [0.25, 0.3) is 27.7 Å². The monoisotopic (exact) mass is 332 g/mol. The lowest BCUT2D eigenvalue weighted by atomic mass is 9.88. The second kappa shape index (κ2) is 6.47. The number of hydrogen-bond donors (Lipinski definition) is 1. The van der Waals surface area contributed by atoms with Crippen molar-refractivity contribution in [3.05, 3.63) is 49.1 Å². The van der Waals surface area contributed by atoms with E-state index >= 15 is 0 Å². The van der Waals surface area contributed by atoms with Crippen LogP contribution in [0, 0.1) is 5.92 Å². The molecule has 0 radical (unpaired) electrons. The Kier molecular flexibility index (Phi) is 4.01. The third-order valence-corrected chi connectivity index (χ3v) is 4.59. The van der Waals surface area contributed by atoms with Gasteiger partial charge in [0.2, 0.25) is 5.95 Å². The maximum atomic E-state index is 5.58. The van der Waals surface area contributed by atoms with Crippen molar-refractivity contribution in [2.75, 3.05) is 5.73 Å². The molecule has 1 aliphatic carbocycles. The molecule has 6 nitrogen and oxygen atoms in total. The lowest BCUT2D eigenvalue weighted by Crippen LogP contribution is -2.04. The Balaban J connectivity index is 0.000000272. The molecule has 0 saturated heterocycles. The Morgan fingerprint density at radius 3 is 2.72 bits per heavy atom. The molecular weight excluding hydrogens is 312 g/mol. The van der Waals surface area contributed by atoms with Crippen molar-refractivity contribution in [2.45, 2.75) is 26.2 Å². The van der Waals surface area contributed by atoms with E-state index in [0.717, 1.165) is 33.6 Å². The van der Waals surface area contributed by atoms with Gasteiger partial charge in [0, 0.05) is 35.1 Å². The molecule has 0 bridgehead atoms. The van der Waals surface area contributed by atoms with E-state index in [1.807, 2.05) is 24.4 Å². The Bertz CT molecular complexity index is 1020. The highest BCUT2D eigenvalue weighted by molar-refractivity contribution is 5.86. The zero-order valence-electron chi connectivity index (χ0n) is 14.1. The number of nitrogens with two attached hydrogens (primary N) is 1. The molecule has 4 aromatic rings. The number of fused-ring (bicyclic) bond motifs is 2. The highest BCUT2D eigenvalue weighted by atomic mass is 15.3. The SMILES string of the molecule is CC1CCC1.Nc1ncc2c(-c3cnc4ncccc4c3)ccn2n1. The first-order chi connectivity index (χ1) is 12.2. The number of pyridine rings is 2. The van der Waals surface area contributed by atoms with Crippen LogP contribution in [0.4, 0.5) is 5.95 Å². The van der Waals surface area contributed by atoms with Crippen molar-refractivity contribution in [1.82, 2.24) is 24.6 Å². The van der Waals surface area contributed by atoms with Gasteiger partial charge in [0.15, 0.2) is 5.65 Å².